The number of pyridine rings is 1. The molecule has 0 aliphatic carbocycles. The molecule has 0 fully saturated rings. The monoisotopic (exact) mass is 277 g/mol. The third kappa shape index (κ3) is 4.45. The quantitative estimate of drug-likeness (QED) is 0.880. The van der Waals surface area contributed by atoms with E-state index < -0.39 is 30.4 Å². The molecule has 0 radical (unpaired) electrons. The summed E-state index contributed by atoms with van der Waals surface area (Å²) in [6, 6.07) is 0.985. The van der Waals surface area contributed by atoms with Crippen LogP contribution >= 0.6 is 0 Å². The van der Waals surface area contributed by atoms with E-state index in [2.05, 4.69) is 10.3 Å². The molecule has 2 amide bonds. The van der Waals surface area contributed by atoms with Crippen LogP contribution in [0.5, 0.6) is 0 Å². The van der Waals surface area contributed by atoms with E-state index in [0.29, 0.717) is 6.07 Å². The number of alkyl halides is 3. The second-order valence-corrected chi connectivity index (χ2v) is 3.61. The molecule has 6 nitrogen and oxygen atoms in total. The maximum Gasteiger partial charge on any atom is 0.433 e. The molecule has 2 N–H and O–H groups in total. The summed E-state index contributed by atoms with van der Waals surface area (Å²) in [7, 11) is 1.24. The molecule has 0 saturated heterocycles. The molecule has 0 aromatic carbocycles. The van der Waals surface area contributed by atoms with Gasteiger partial charge < -0.3 is 15.3 Å². The second kappa shape index (κ2) is 5.55. The van der Waals surface area contributed by atoms with Gasteiger partial charge in [0.25, 0.3) is 0 Å². The first-order chi connectivity index (χ1) is 8.70. The Morgan fingerprint density at radius 2 is 2.05 bits per heavy atom. The van der Waals surface area contributed by atoms with Crippen LogP contribution in [0.4, 0.5) is 23.7 Å². The van der Waals surface area contributed by atoms with Crippen LogP contribution in [0.25, 0.3) is 0 Å². The zero-order chi connectivity index (χ0) is 14.6. The van der Waals surface area contributed by atoms with Gasteiger partial charge in [0.05, 0.1) is 11.9 Å². The summed E-state index contributed by atoms with van der Waals surface area (Å²) >= 11 is 0. The van der Waals surface area contributed by atoms with Crippen molar-refractivity contribution in [2.45, 2.75) is 6.18 Å². The molecule has 0 aliphatic rings. The Balaban J connectivity index is 2.68. The smallest absolute Gasteiger partial charge is 0.433 e. The summed E-state index contributed by atoms with van der Waals surface area (Å²) in [6.07, 6.45) is -3.71. The highest BCUT2D eigenvalue weighted by Crippen LogP contribution is 2.27. The van der Waals surface area contributed by atoms with Crippen LogP contribution in [0.3, 0.4) is 0 Å². The minimum Gasteiger partial charge on any atom is -0.480 e. The van der Waals surface area contributed by atoms with Gasteiger partial charge in [-0.05, 0) is 12.1 Å². The number of hydrogen-bond acceptors (Lipinski definition) is 3. The van der Waals surface area contributed by atoms with Crippen molar-refractivity contribution < 1.29 is 27.9 Å². The van der Waals surface area contributed by atoms with E-state index in [1.807, 2.05) is 0 Å². The van der Waals surface area contributed by atoms with Crippen molar-refractivity contribution in [2.75, 3.05) is 18.9 Å². The molecular weight excluding hydrogens is 267 g/mol. The van der Waals surface area contributed by atoms with Crippen molar-refractivity contribution in [3.63, 3.8) is 0 Å². The Hall–Kier alpha value is -2.32. The fourth-order valence-corrected chi connectivity index (χ4v) is 1.13. The van der Waals surface area contributed by atoms with Gasteiger partial charge in [-0.3, -0.25) is 4.79 Å². The first kappa shape index (κ1) is 14.7. The maximum absolute atomic E-state index is 12.2. The largest absolute Gasteiger partial charge is 0.480 e. The minimum atomic E-state index is -4.55. The van der Waals surface area contributed by atoms with Gasteiger partial charge in [0.2, 0.25) is 0 Å². The summed E-state index contributed by atoms with van der Waals surface area (Å²) in [4.78, 5) is 25.8. The zero-order valence-electron chi connectivity index (χ0n) is 9.73. The van der Waals surface area contributed by atoms with E-state index in [1.54, 1.807) is 0 Å². The van der Waals surface area contributed by atoms with Crippen LogP contribution in [0.2, 0.25) is 0 Å². The number of aliphatic carboxylic acids is 1. The van der Waals surface area contributed by atoms with Gasteiger partial charge in [0.15, 0.2) is 0 Å². The first-order valence-electron chi connectivity index (χ1n) is 4.97. The van der Waals surface area contributed by atoms with Gasteiger partial charge >= 0.3 is 18.2 Å². The van der Waals surface area contributed by atoms with E-state index in [1.165, 1.54) is 7.05 Å². The van der Waals surface area contributed by atoms with Gasteiger partial charge in [-0.25, -0.2) is 9.78 Å². The lowest BCUT2D eigenvalue weighted by Crippen LogP contribution is -2.35. The molecule has 19 heavy (non-hydrogen) atoms. The Kier molecular flexibility index (Phi) is 4.30. The van der Waals surface area contributed by atoms with Crippen LogP contribution in [0.15, 0.2) is 18.3 Å². The molecular formula is C10H10F3N3O3. The predicted octanol–water partition coefficient (Wildman–Crippen LogP) is 1.65. The topological polar surface area (TPSA) is 82.5 Å². The predicted molar refractivity (Wildman–Crippen MR) is 58.5 cm³/mol. The van der Waals surface area contributed by atoms with Crippen LogP contribution in [0, 0.1) is 0 Å². The molecule has 0 atom stereocenters. The normalized spacial score (nSPS) is 10.9. The van der Waals surface area contributed by atoms with Gasteiger partial charge in [-0.15, -0.1) is 0 Å². The number of carboxylic acids is 1. The lowest BCUT2D eigenvalue weighted by molar-refractivity contribution is -0.141. The van der Waals surface area contributed by atoms with Crippen molar-refractivity contribution >= 4 is 17.7 Å². The van der Waals surface area contributed by atoms with Crippen molar-refractivity contribution in [3.8, 4) is 0 Å². The summed E-state index contributed by atoms with van der Waals surface area (Å²) in [5, 5.41) is 10.7. The van der Waals surface area contributed by atoms with Gasteiger partial charge in [0.1, 0.15) is 12.2 Å². The van der Waals surface area contributed by atoms with Crippen molar-refractivity contribution in [1.82, 2.24) is 9.88 Å². The number of hydrogen-bond donors (Lipinski definition) is 2. The molecule has 1 aromatic heterocycles. The molecule has 9 heteroatoms. The van der Waals surface area contributed by atoms with Crippen molar-refractivity contribution in [1.29, 1.82) is 0 Å². The molecule has 0 unspecified atom stereocenters. The van der Waals surface area contributed by atoms with Crippen LogP contribution in [0.1, 0.15) is 5.69 Å². The lowest BCUT2D eigenvalue weighted by atomic mass is 10.3. The number of carboxylic acid groups (broad SMARTS) is 1. The van der Waals surface area contributed by atoms with E-state index in [9.17, 15) is 22.8 Å². The summed E-state index contributed by atoms with van der Waals surface area (Å²) < 4.78 is 36.7. The van der Waals surface area contributed by atoms with E-state index in [-0.39, 0.29) is 5.69 Å². The number of halogens is 3. The average Bonchev–Trinajstić information content (AvgIpc) is 2.27. The molecule has 0 bridgehead atoms. The second-order valence-electron chi connectivity index (χ2n) is 3.61. The lowest BCUT2D eigenvalue weighted by Gasteiger charge is -2.15. The highest BCUT2D eigenvalue weighted by molar-refractivity contribution is 5.90. The average molecular weight is 277 g/mol. The SMILES string of the molecule is CN(CC(=O)O)C(=O)Nc1ccc(C(F)(F)F)nc1. The number of urea groups is 1. The number of nitrogens with one attached hydrogen (secondary N) is 1. The van der Waals surface area contributed by atoms with Gasteiger partial charge in [-0.1, -0.05) is 0 Å². The fourth-order valence-electron chi connectivity index (χ4n) is 1.13. The first-order valence-corrected chi connectivity index (χ1v) is 4.97. The molecule has 0 spiro atoms. The fraction of sp³-hybridized carbons (Fsp3) is 0.300. The Morgan fingerprint density at radius 1 is 1.42 bits per heavy atom. The number of amides is 2. The van der Waals surface area contributed by atoms with E-state index in [0.717, 1.165) is 17.2 Å². The van der Waals surface area contributed by atoms with Crippen LogP contribution in [-0.2, 0) is 11.0 Å². The number of carbonyl (C=O) groups is 2. The number of nitrogens with zero attached hydrogens (tertiary/aromatic N) is 2. The Labute approximate surface area is 105 Å². The molecule has 0 saturated carbocycles. The van der Waals surface area contributed by atoms with E-state index >= 15 is 0 Å². The molecule has 104 valence electrons. The zero-order valence-corrected chi connectivity index (χ0v) is 9.73. The molecule has 0 aliphatic heterocycles. The highest BCUT2D eigenvalue weighted by Gasteiger charge is 2.32. The number of likely N-dealkylation sites (N-methyl/N-ethyl adjacent to an activating group) is 1. The molecule has 1 heterocycles. The van der Waals surface area contributed by atoms with Crippen LogP contribution in [-0.4, -0.2) is 40.6 Å². The standard InChI is InChI=1S/C10H10F3N3O3/c1-16(5-8(17)18)9(19)15-6-2-3-7(14-4-6)10(11,12)13/h2-4H,5H2,1H3,(H,15,19)(H,17,18). The molecule has 1 aromatic rings. The van der Waals surface area contributed by atoms with Gasteiger partial charge in [-0.2, -0.15) is 13.2 Å². The third-order valence-electron chi connectivity index (χ3n) is 2.02. The maximum atomic E-state index is 12.2. The van der Waals surface area contributed by atoms with Crippen molar-refractivity contribution in [2.24, 2.45) is 0 Å². The highest BCUT2D eigenvalue weighted by atomic mass is 19.4. The molecule has 1 rings (SSSR count). The number of rotatable bonds is 3. The van der Waals surface area contributed by atoms with E-state index in [4.69, 9.17) is 5.11 Å². The minimum absolute atomic E-state index is 0.0373. The van der Waals surface area contributed by atoms with Crippen molar-refractivity contribution in [3.05, 3.63) is 24.0 Å². The Bertz CT molecular complexity index is 473. The van der Waals surface area contributed by atoms with Gasteiger partial charge in [0, 0.05) is 7.05 Å². The number of anilines is 1. The van der Waals surface area contributed by atoms with Crippen LogP contribution < -0.4 is 5.32 Å². The third-order valence-corrected chi connectivity index (χ3v) is 2.02. The summed E-state index contributed by atoms with van der Waals surface area (Å²) in [5.41, 5.74) is -1.04. The summed E-state index contributed by atoms with van der Waals surface area (Å²) in [6.45, 7) is -0.528. The number of aromatic nitrogens is 1. The Morgan fingerprint density at radius 3 is 2.47 bits per heavy atom. The summed E-state index contributed by atoms with van der Waals surface area (Å²) in [5.74, 6) is -1.21. The number of carbonyl (C=O) groups excluding carboxylic acids is 1.